The number of hydrogen-bond acceptors (Lipinski definition) is 6. The first-order chi connectivity index (χ1) is 13.6. The van der Waals surface area contributed by atoms with Crippen LogP contribution in [-0.2, 0) is 9.53 Å². The molecule has 1 aliphatic rings. The fourth-order valence-corrected chi connectivity index (χ4v) is 3.74. The second-order valence-corrected chi connectivity index (χ2v) is 7.29. The maximum absolute atomic E-state index is 14.1. The Labute approximate surface area is 163 Å². The van der Waals surface area contributed by atoms with Crippen molar-refractivity contribution in [3.8, 4) is 11.4 Å². The number of amides is 1. The molecule has 28 heavy (non-hydrogen) atoms. The molecular formula is C18H18FN5O3S. The lowest BCUT2D eigenvalue weighted by atomic mass is 10.2. The van der Waals surface area contributed by atoms with E-state index in [2.05, 4.69) is 20.4 Å². The molecule has 1 aromatic carbocycles. The molecule has 1 fully saturated rings. The van der Waals surface area contributed by atoms with Crippen LogP contribution in [0.15, 0.2) is 40.3 Å². The summed E-state index contributed by atoms with van der Waals surface area (Å²) in [5.41, 5.74) is 0.175. The first-order valence-corrected chi connectivity index (χ1v) is 9.84. The fourth-order valence-electron chi connectivity index (χ4n) is 2.96. The van der Waals surface area contributed by atoms with Crippen LogP contribution < -0.4 is 10.9 Å². The summed E-state index contributed by atoms with van der Waals surface area (Å²) in [5, 5.41) is 5.77. The Morgan fingerprint density at radius 3 is 3.04 bits per heavy atom. The third-order valence-electron chi connectivity index (χ3n) is 4.32. The van der Waals surface area contributed by atoms with E-state index in [1.165, 1.54) is 16.6 Å². The number of ether oxygens (including phenoxy) is 1. The molecule has 146 valence electrons. The van der Waals surface area contributed by atoms with E-state index in [1.54, 1.807) is 18.2 Å². The van der Waals surface area contributed by atoms with E-state index in [9.17, 15) is 14.0 Å². The number of fused-ring (bicyclic) bond motifs is 1. The number of halogens is 1. The summed E-state index contributed by atoms with van der Waals surface area (Å²) in [5.74, 6) is -0.390. The molecule has 10 heteroatoms. The molecule has 1 amide bonds. The van der Waals surface area contributed by atoms with E-state index < -0.39 is 5.82 Å². The van der Waals surface area contributed by atoms with Crippen LogP contribution in [0, 0.1) is 5.82 Å². The second kappa shape index (κ2) is 8.11. The van der Waals surface area contributed by atoms with Crippen LogP contribution in [0.4, 0.5) is 4.39 Å². The largest absolute Gasteiger partial charge is 0.376 e. The third-order valence-corrected chi connectivity index (χ3v) is 5.26. The molecule has 0 bridgehead atoms. The quantitative estimate of drug-likeness (QED) is 0.607. The molecule has 0 aliphatic carbocycles. The molecule has 1 unspecified atom stereocenters. The van der Waals surface area contributed by atoms with Gasteiger partial charge in [0, 0.05) is 19.2 Å². The highest BCUT2D eigenvalue weighted by molar-refractivity contribution is 7.99. The van der Waals surface area contributed by atoms with Gasteiger partial charge in [0.15, 0.2) is 16.6 Å². The first kappa shape index (κ1) is 18.6. The summed E-state index contributed by atoms with van der Waals surface area (Å²) in [7, 11) is 0. The monoisotopic (exact) mass is 403 g/mol. The Bertz CT molecular complexity index is 1060. The van der Waals surface area contributed by atoms with Gasteiger partial charge >= 0.3 is 0 Å². The van der Waals surface area contributed by atoms with Crippen LogP contribution in [0.5, 0.6) is 0 Å². The van der Waals surface area contributed by atoms with Crippen molar-refractivity contribution in [1.29, 1.82) is 0 Å². The maximum atomic E-state index is 14.1. The number of benzene rings is 1. The summed E-state index contributed by atoms with van der Waals surface area (Å²) >= 11 is 1.13. The predicted molar refractivity (Wildman–Crippen MR) is 102 cm³/mol. The molecule has 2 aromatic heterocycles. The van der Waals surface area contributed by atoms with Crippen molar-refractivity contribution in [2.24, 2.45) is 0 Å². The minimum atomic E-state index is -0.463. The van der Waals surface area contributed by atoms with E-state index in [4.69, 9.17) is 4.74 Å². The number of thioether (sulfide) groups is 1. The zero-order valence-electron chi connectivity index (χ0n) is 14.9. The number of carbonyl (C=O) groups is 1. The zero-order valence-corrected chi connectivity index (χ0v) is 15.7. The zero-order chi connectivity index (χ0) is 19.5. The van der Waals surface area contributed by atoms with Crippen molar-refractivity contribution >= 4 is 23.3 Å². The van der Waals surface area contributed by atoms with Crippen molar-refractivity contribution in [1.82, 2.24) is 24.9 Å². The topological polar surface area (TPSA) is 101 Å². The SMILES string of the molecule is O=C(CSc1nc(-c2ccccc2F)nc2cc(=O)[nH]n12)NCC1CCCO1. The van der Waals surface area contributed by atoms with E-state index in [0.29, 0.717) is 17.3 Å². The maximum Gasteiger partial charge on any atom is 0.266 e. The van der Waals surface area contributed by atoms with Crippen LogP contribution in [-0.4, -0.2) is 50.5 Å². The van der Waals surface area contributed by atoms with Gasteiger partial charge in [0.25, 0.3) is 5.56 Å². The highest BCUT2D eigenvalue weighted by Crippen LogP contribution is 2.23. The number of rotatable bonds is 6. The van der Waals surface area contributed by atoms with E-state index in [-0.39, 0.29) is 34.7 Å². The molecule has 0 spiro atoms. The summed E-state index contributed by atoms with van der Waals surface area (Å²) in [6.45, 7) is 1.20. The minimum absolute atomic E-state index is 0.0631. The van der Waals surface area contributed by atoms with Gasteiger partial charge in [0.2, 0.25) is 5.91 Å². The van der Waals surface area contributed by atoms with Crippen molar-refractivity contribution in [3.63, 3.8) is 0 Å². The molecule has 3 aromatic rings. The van der Waals surface area contributed by atoms with E-state index in [1.807, 2.05) is 0 Å². The van der Waals surface area contributed by atoms with Gasteiger partial charge in [-0.15, -0.1) is 0 Å². The molecule has 8 nitrogen and oxygen atoms in total. The molecule has 3 heterocycles. The lowest BCUT2D eigenvalue weighted by Crippen LogP contribution is -2.33. The van der Waals surface area contributed by atoms with Crippen LogP contribution in [0.1, 0.15) is 12.8 Å². The summed E-state index contributed by atoms with van der Waals surface area (Å²) < 4.78 is 21.0. The molecule has 2 N–H and O–H groups in total. The van der Waals surface area contributed by atoms with Gasteiger partial charge in [-0.1, -0.05) is 23.9 Å². The molecule has 1 aliphatic heterocycles. The van der Waals surface area contributed by atoms with Crippen LogP contribution in [0.2, 0.25) is 0 Å². The lowest BCUT2D eigenvalue weighted by Gasteiger charge is -2.11. The Hall–Kier alpha value is -2.72. The van der Waals surface area contributed by atoms with Crippen molar-refractivity contribution in [3.05, 3.63) is 46.5 Å². The van der Waals surface area contributed by atoms with Gasteiger partial charge in [-0.25, -0.2) is 18.9 Å². The number of nitrogens with one attached hydrogen (secondary N) is 2. The Kier molecular flexibility index (Phi) is 5.40. The molecule has 0 radical (unpaired) electrons. The van der Waals surface area contributed by atoms with Gasteiger partial charge in [0.05, 0.1) is 17.4 Å². The van der Waals surface area contributed by atoms with Gasteiger partial charge in [-0.05, 0) is 25.0 Å². The fraction of sp³-hybridized carbons (Fsp3) is 0.333. The van der Waals surface area contributed by atoms with Gasteiger partial charge in [0.1, 0.15) is 5.82 Å². The Balaban J connectivity index is 1.54. The lowest BCUT2D eigenvalue weighted by molar-refractivity contribution is -0.119. The molecular weight excluding hydrogens is 385 g/mol. The average Bonchev–Trinajstić information content (AvgIpc) is 3.33. The van der Waals surface area contributed by atoms with E-state index >= 15 is 0 Å². The number of aromatic nitrogens is 4. The molecule has 4 rings (SSSR count). The second-order valence-electron chi connectivity index (χ2n) is 6.35. The minimum Gasteiger partial charge on any atom is -0.376 e. The summed E-state index contributed by atoms with van der Waals surface area (Å²) in [4.78, 5) is 32.5. The highest BCUT2D eigenvalue weighted by atomic mass is 32.2. The van der Waals surface area contributed by atoms with Gasteiger partial charge in [-0.3, -0.25) is 14.7 Å². The number of H-pyrrole nitrogens is 1. The third kappa shape index (κ3) is 4.07. The highest BCUT2D eigenvalue weighted by Gasteiger charge is 2.18. The van der Waals surface area contributed by atoms with Crippen LogP contribution in [0.25, 0.3) is 17.0 Å². The van der Waals surface area contributed by atoms with Crippen LogP contribution >= 0.6 is 11.8 Å². The smallest absolute Gasteiger partial charge is 0.266 e. The van der Waals surface area contributed by atoms with Crippen molar-refractivity contribution < 1.29 is 13.9 Å². The van der Waals surface area contributed by atoms with Gasteiger partial charge < -0.3 is 10.1 Å². The van der Waals surface area contributed by atoms with Gasteiger partial charge in [-0.2, -0.15) is 0 Å². The Morgan fingerprint density at radius 1 is 1.39 bits per heavy atom. The first-order valence-electron chi connectivity index (χ1n) is 8.86. The predicted octanol–water partition coefficient (Wildman–Crippen LogP) is 1.61. The summed E-state index contributed by atoms with van der Waals surface area (Å²) in [6.07, 6.45) is 2.01. The van der Waals surface area contributed by atoms with Crippen LogP contribution in [0.3, 0.4) is 0 Å². The van der Waals surface area contributed by atoms with E-state index in [0.717, 1.165) is 31.2 Å². The molecule has 1 saturated heterocycles. The number of nitrogens with zero attached hydrogens (tertiary/aromatic N) is 3. The van der Waals surface area contributed by atoms with Crippen molar-refractivity contribution in [2.45, 2.75) is 24.1 Å². The summed E-state index contributed by atoms with van der Waals surface area (Å²) in [6, 6.07) is 7.44. The average molecular weight is 403 g/mol. The molecule has 0 saturated carbocycles. The van der Waals surface area contributed by atoms with Crippen molar-refractivity contribution in [2.75, 3.05) is 18.9 Å². The Morgan fingerprint density at radius 2 is 2.25 bits per heavy atom. The number of carbonyl (C=O) groups excluding carboxylic acids is 1. The standard InChI is InChI=1S/C18H18FN5O3S/c19-13-6-2-1-5-12(13)17-21-14-8-15(25)23-24(14)18(22-17)28-10-16(26)20-9-11-4-3-7-27-11/h1-2,5-6,8,11H,3-4,7,9-10H2,(H,20,26)(H,23,25). The normalized spacial score (nSPS) is 16.5. The number of hydrogen-bond donors (Lipinski definition) is 2. The number of aromatic amines is 1. The molecule has 1 atom stereocenters.